The third-order valence-electron chi connectivity index (χ3n) is 3.43. The first-order chi connectivity index (χ1) is 10.6. The monoisotopic (exact) mass is 375 g/mol. The fourth-order valence-corrected chi connectivity index (χ4v) is 2.88. The van der Waals surface area contributed by atoms with Crippen LogP contribution in [-0.2, 0) is 6.54 Å². The lowest BCUT2D eigenvalue weighted by Gasteiger charge is -2.05. The van der Waals surface area contributed by atoms with Gasteiger partial charge in [-0.2, -0.15) is 0 Å². The lowest BCUT2D eigenvalue weighted by molar-refractivity contribution is 0.531. The number of anilines is 1. The van der Waals surface area contributed by atoms with E-state index in [9.17, 15) is 0 Å². The summed E-state index contributed by atoms with van der Waals surface area (Å²) in [5.41, 5.74) is 3.31. The Morgan fingerprint density at radius 2 is 1.82 bits per heavy atom. The zero-order valence-corrected chi connectivity index (χ0v) is 14.4. The summed E-state index contributed by atoms with van der Waals surface area (Å²) < 4.78 is 7.01. The molecule has 0 aliphatic heterocycles. The number of halogens is 2. The molecule has 0 spiro atoms. The van der Waals surface area contributed by atoms with Crippen molar-refractivity contribution in [2.45, 2.75) is 13.5 Å². The third kappa shape index (κ3) is 3.54. The fourth-order valence-electron chi connectivity index (χ4n) is 2.28. The number of rotatable bonds is 4. The third-order valence-corrected chi connectivity index (χ3v) is 4.17. The van der Waals surface area contributed by atoms with Crippen molar-refractivity contribution in [2.75, 3.05) is 5.32 Å². The number of hydrogen-bond acceptors (Lipinski definition) is 2. The molecule has 1 heterocycles. The summed E-state index contributed by atoms with van der Waals surface area (Å²) in [6.45, 7) is 2.71. The van der Waals surface area contributed by atoms with Gasteiger partial charge in [0.05, 0.1) is 6.54 Å². The van der Waals surface area contributed by atoms with Gasteiger partial charge in [-0.15, -0.1) is 0 Å². The summed E-state index contributed by atoms with van der Waals surface area (Å²) in [6.07, 6.45) is 0. The summed E-state index contributed by atoms with van der Waals surface area (Å²) in [4.78, 5) is 0. The van der Waals surface area contributed by atoms with Gasteiger partial charge in [-0.05, 0) is 67.1 Å². The average Bonchev–Trinajstić information content (AvgIpc) is 2.95. The summed E-state index contributed by atoms with van der Waals surface area (Å²) in [5, 5.41) is 4.05. The van der Waals surface area contributed by atoms with E-state index < -0.39 is 0 Å². The van der Waals surface area contributed by atoms with Gasteiger partial charge >= 0.3 is 0 Å². The second kappa shape index (κ2) is 6.59. The van der Waals surface area contributed by atoms with Gasteiger partial charge in [0.1, 0.15) is 11.5 Å². The van der Waals surface area contributed by atoms with E-state index in [4.69, 9.17) is 16.0 Å². The van der Waals surface area contributed by atoms with Crippen LogP contribution in [0.1, 0.15) is 11.3 Å². The molecule has 0 aliphatic rings. The molecule has 3 aromatic rings. The lowest BCUT2D eigenvalue weighted by Crippen LogP contribution is -1.97. The summed E-state index contributed by atoms with van der Waals surface area (Å²) in [6, 6.07) is 17.8. The molecule has 0 radical (unpaired) electrons. The minimum Gasteiger partial charge on any atom is -0.459 e. The van der Waals surface area contributed by atoms with E-state index >= 15 is 0 Å². The largest absolute Gasteiger partial charge is 0.459 e. The Morgan fingerprint density at radius 1 is 1.05 bits per heavy atom. The van der Waals surface area contributed by atoms with Crippen molar-refractivity contribution in [1.29, 1.82) is 0 Å². The van der Waals surface area contributed by atoms with E-state index in [2.05, 4.69) is 40.3 Å². The Balaban J connectivity index is 1.72. The maximum Gasteiger partial charge on any atom is 0.134 e. The maximum absolute atomic E-state index is 5.93. The molecule has 0 amide bonds. The first-order valence-corrected chi connectivity index (χ1v) is 8.13. The zero-order valence-electron chi connectivity index (χ0n) is 12.1. The lowest BCUT2D eigenvalue weighted by atomic mass is 10.1. The molecule has 0 fully saturated rings. The molecule has 1 aromatic heterocycles. The molecular formula is C18H15BrClNO. The Kier molecular flexibility index (Phi) is 4.55. The molecule has 112 valence electrons. The predicted octanol–water partition coefficient (Wildman–Crippen LogP) is 6.28. The number of hydrogen-bond donors (Lipinski definition) is 1. The molecule has 1 N–H and O–H groups in total. The van der Waals surface area contributed by atoms with Crippen LogP contribution in [-0.4, -0.2) is 0 Å². The average molecular weight is 377 g/mol. The Bertz CT molecular complexity index is 780. The second-order valence-corrected chi connectivity index (χ2v) is 6.44. The summed E-state index contributed by atoms with van der Waals surface area (Å²) in [7, 11) is 0. The molecule has 0 saturated carbocycles. The molecule has 22 heavy (non-hydrogen) atoms. The van der Waals surface area contributed by atoms with Crippen molar-refractivity contribution in [3.8, 4) is 11.3 Å². The highest BCUT2D eigenvalue weighted by molar-refractivity contribution is 9.10. The molecule has 3 rings (SSSR count). The van der Waals surface area contributed by atoms with E-state index in [1.165, 1.54) is 5.56 Å². The van der Waals surface area contributed by atoms with Crippen LogP contribution in [0.5, 0.6) is 0 Å². The smallest absolute Gasteiger partial charge is 0.134 e. The van der Waals surface area contributed by atoms with Gasteiger partial charge in [-0.1, -0.05) is 27.5 Å². The van der Waals surface area contributed by atoms with Crippen molar-refractivity contribution in [1.82, 2.24) is 0 Å². The highest BCUT2D eigenvalue weighted by atomic mass is 79.9. The van der Waals surface area contributed by atoms with E-state index in [1.54, 1.807) is 0 Å². The van der Waals surface area contributed by atoms with Crippen molar-refractivity contribution < 1.29 is 4.42 Å². The van der Waals surface area contributed by atoms with Crippen LogP contribution in [0.4, 0.5) is 5.69 Å². The standard InChI is InChI=1S/C18H15BrClNO/c1-12-10-13(19)2-8-17(12)18-9-7-16(22-18)11-21-15-5-3-14(20)4-6-15/h2-10,21H,11H2,1H3. The topological polar surface area (TPSA) is 25.2 Å². The molecule has 0 bridgehead atoms. The molecular weight excluding hydrogens is 362 g/mol. The zero-order chi connectivity index (χ0) is 15.5. The first-order valence-electron chi connectivity index (χ1n) is 6.96. The van der Waals surface area contributed by atoms with Gasteiger partial charge in [0.2, 0.25) is 0 Å². The molecule has 2 aromatic carbocycles. The van der Waals surface area contributed by atoms with Crippen LogP contribution in [0.2, 0.25) is 5.02 Å². The predicted molar refractivity (Wildman–Crippen MR) is 95.4 cm³/mol. The molecule has 0 unspecified atom stereocenters. The molecule has 2 nitrogen and oxygen atoms in total. The summed E-state index contributed by atoms with van der Waals surface area (Å²) >= 11 is 9.36. The van der Waals surface area contributed by atoms with E-state index in [0.717, 1.165) is 32.3 Å². The van der Waals surface area contributed by atoms with E-state index in [1.807, 2.05) is 42.5 Å². The SMILES string of the molecule is Cc1cc(Br)ccc1-c1ccc(CNc2ccc(Cl)cc2)o1. The van der Waals surface area contributed by atoms with Crippen molar-refractivity contribution in [3.05, 3.63) is 75.4 Å². The van der Waals surface area contributed by atoms with Crippen LogP contribution < -0.4 is 5.32 Å². The molecule has 4 heteroatoms. The van der Waals surface area contributed by atoms with Crippen molar-refractivity contribution >= 4 is 33.2 Å². The molecule has 0 atom stereocenters. The number of nitrogens with one attached hydrogen (secondary N) is 1. The minimum absolute atomic E-state index is 0.636. The van der Waals surface area contributed by atoms with Crippen LogP contribution in [0, 0.1) is 6.92 Å². The molecule has 0 saturated heterocycles. The van der Waals surface area contributed by atoms with Crippen molar-refractivity contribution in [2.24, 2.45) is 0 Å². The number of benzene rings is 2. The Morgan fingerprint density at radius 3 is 2.55 bits per heavy atom. The Labute approximate surface area is 143 Å². The highest BCUT2D eigenvalue weighted by Crippen LogP contribution is 2.28. The van der Waals surface area contributed by atoms with Crippen molar-refractivity contribution in [3.63, 3.8) is 0 Å². The van der Waals surface area contributed by atoms with E-state index in [0.29, 0.717) is 6.54 Å². The number of aryl methyl sites for hydroxylation is 1. The normalized spacial score (nSPS) is 10.7. The summed E-state index contributed by atoms with van der Waals surface area (Å²) in [5.74, 6) is 1.78. The van der Waals surface area contributed by atoms with E-state index in [-0.39, 0.29) is 0 Å². The first kappa shape index (κ1) is 15.2. The quantitative estimate of drug-likeness (QED) is 0.579. The maximum atomic E-state index is 5.93. The molecule has 0 aliphatic carbocycles. The van der Waals surface area contributed by atoms with Crippen LogP contribution in [0.3, 0.4) is 0 Å². The Hall–Kier alpha value is -1.71. The second-order valence-electron chi connectivity index (χ2n) is 5.09. The number of furan rings is 1. The van der Waals surface area contributed by atoms with Gasteiger partial charge in [-0.3, -0.25) is 0 Å². The van der Waals surface area contributed by atoms with Crippen LogP contribution in [0.25, 0.3) is 11.3 Å². The van der Waals surface area contributed by atoms with Gasteiger partial charge < -0.3 is 9.73 Å². The minimum atomic E-state index is 0.636. The van der Waals surface area contributed by atoms with Gasteiger partial charge in [0.25, 0.3) is 0 Å². The van der Waals surface area contributed by atoms with Gasteiger partial charge in [-0.25, -0.2) is 0 Å². The van der Waals surface area contributed by atoms with Gasteiger partial charge in [0.15, 0.2) is 0 Å². The van der Waals surface area contributed by atoms with Crippen LogP contribution in [0.15, 0.2) is 63.5 Å². The van der Waals surface area contributed by atoms with Gasteiger partial charge in [0, 0.05) is 20.7 Å². The fraction of sp³-hybridized carbons (Fsp3) is 0.111. The highest BCUT2D eigenvalue weighted by Gasteiger charge is 2.08. The van der Waals surface area contributed by atoms with Crippen LogP contribution >= 0.6 is 27.5 Å².